The van der Waals surface area contributed by atoms with Gasteiger partial charge < -0.3 is 23.8 Å². The second-order valence-corrected chi connectivity index (χ2v) is 13.1. The molecular weight excluding hydrogens is 558 g/mol. The van der Waals surface area contributed by atoms with Crippen molar-refractivity contribution in [1.29, 1.82) is 0 Å². The molecule has 0 aromatic heterocycles. The lowest BCUT2D eigenvalue weighted by molar-refractivity contribution is -0.154. The van der Waals surface area contributed by atoms with E-state index in [4.69, 9.17) is 18.9 Å². The van der Waals surface area contributed by atoms with Crippen molar-refractivity contribution in [2.45, 2.75) is 128 Å². The third-order valence-corrected chi connectivity index (χ3v) is 9.18. The molecule has 7 unspecified atom stereocenters. The number of hydrogen-bond donors (Lipinski definition) is 0. The summed E-state index contributed by atoms with van der Waals surface area (Å²) in [6.07, 6.45) is 23.8. The lowest BCUT2D eigenvalue weighted by Gasteiger charge is -2.37. The Bertz CT molecular complexity index is 1070. The minimum absolute atomic E-state index is 0.0214. The molecule has 3 saturated heterocycles. The van der Waals surface area contributed by atoms with Crippen molar-refractivity contribution >= 4 is 17.8 Å². The first-order chi connectivity index (χ1) is 21.3. The quantitative estimate of drug-likeness (QED) is 0.108. The molecule has 0 radical (unpaired) electrons. The third-order valence-electron chi connectivity index (χ3n) is 9.18. The second kappa shape index (κ2) is 17.7. The van der Waals surface area contributed by atoms with Crippen molar-refractivity contribution in [3.8, 4) is 0 Å². The van der Waals surface area contributed by atoms with Gasteiger partial charge in [-0.3, -0.25) is 9.59 Å². The molecule has 0 saturated carbocycles. The number of allylic oxidation sites excluding steroid dienone is 4. The maximum Gasteiger partial charge on any atom is 0.330 e. The first-order valence-electron chi connectivity index (χ1n) is 16.9. The second-order valence-electron chi connectivity index (χ2n) is 13.1. The highest BCUT2D eigenvalue weighted by Gasteiger charge is 2.33. The molecule has 0 aromatic carbocycles. The van der Waals surface area contributed by atoms with Crippen LogP contribution in [0.2, 0.25) is 0 Å². The van der Waals surface area contributed by atoms with E-state index in [0.29, 0.717) is 25.2 Å². The van der Waals surface area contributed by atoms with Crippen molar-refractivity contribution in [1.82, 2.24) is 4.90 Å². The summed E-state index contributed by atoms with van der Waals surface area (Å²) >= 11 is 0. The molecular formula is C36H53NO7. The van der Waals surface area contributed by atoms with Gasteiger partial charge in [-0.2, -0.15) is 0 Å². The number of fused-ring (bicyclic) bond motifs is 4. The molecule has 4 heterocycles. The molecule has 0 spiro atoms. The Labute approximate surface area is 263 Å². The number of methoxy groups -OCH3 is 1. The van der Waals surface area contributed by atoms with Crippen LogP contribution in [0, 0.1) is 11.8 Å². The van der Waals surface area contributed by atoms with Gasteiger partial charge >= 0.3 is 11.9 Å². The summed E-state index contributed by atoms with van der Waals surface area (Å²) < 4.78 is 23.9. The number of likely N-dealkylation sites (tertiary alicyclic amines) is 1. The van der Waals surface area contributed by atoms with Gasteiger partial charge in [0, 0.05) is 37.9 Å². The predicted octanol–water partition coefficient (Wildman–Crippen LogP) is 6.40. The molecule has 8 heteroatoms. The average molecular weight is 612 g/mol. The number of unbranched alkanes of at least 4 members (excludes halogenated alkanes) is 1. The number of carbonyl (C=O) groups excluding carboxylic acids is 3. The fourth-order valence-electron chi connectivity index (χ4n) is 6.78. The first-order valence-corrected chi connectivity index (χ1v) is 16.9. The van der Waals surface area contributed by atoms with Crippen LogP contribution in [0.4, 0.5) is 0 Å². The van der Waals surface area contributed by atoms with Gasteiger partial charge in [0.1, 0.15) is 6.10 Å². The van der Waals surface area contributed by atoms with E-state index in [-0.39, 0.29) is 54.6 Å². The summed E-state index contributed by atoms with van der Waals surface area (Å²) in [7, 11) is 1.38. The number of carbonyl (C=O) groups is 3. The van der Waals surface area contributed by atoms with Crippen LogP contribution in [-0.2, 0) is 33.3 Å². The summed E-state index contributed by atoms with van der Waals surface area (Å²) in [4.78, 5) is 39.5. The Kier molecular flexibility index (Phi) is 13.7. The van der Waals surface area contributed by atoms with E-state index in [2.05, 4.69) is 32.1 Å². The molecule has 0 N–H and O–H groups in total. The van der Waals surface area contributed by atoms with E-state index in [1.54, 1.807) is 6.08 Å². The standard InChI is InChI=1S/C36H53NO7/c1-26-16-17-27(2)33(14-7-5-4-6-8-15-34(38)37-18-9-10-19-37)44-36(40)25-32-22-28(23-35(39)41-3)21-31(43-32)24-30-13-11-12-29(20-26)42-30/h4-5,7,14,16-17,23,26-27,29-33H,6,8-13,15,18-22,24-25H2,1-3H3/b5-4-,14-7+,17-16+,28-23-. The molecule has 4 aliphatic rings. The zero-order chi connectivity index (χ0) is 31.3. The summed E-state index contributed by atoms with van der Waals surface area (Å²) in [5.74, 6) is -0.129. The van der Waals surface area contributed by atoms with Gasteiger partial charge in [0.2, 0.25) is 5.91 Å². The largest absolute Gasteiger partial charge is 0.466 e. The molecule has 44 heavy (non-hydrogen) atoms. The van der Waals surface area contributed by atoms with E-state index in [1.807, 2.05) is 23.1 Å². The maximum atomic E-state index is 13.3. The smallest absolute Gasteiger partial charge is 0.330 e. The van der Waals surface area contributed by atoms with Gasteiger partial charge in [-0.05, 0) is 76.2 Å². The van der Waals surface area contributed by atoms with Gasteiger partial charge in [0.05, 0.1) is 37.9 Å². The van der Waals surface area contributed by atoms with Gasteiger partial charge in [-0.25, -0.2) is 4.79 Å². The molecule has 4 rings (SSSR count). The molecule has 244 valence electrons. The summed E-state index contributed by atoms with van der Waals surface area (Å²) in [6, 6.07) is 0. The molecule has 7 atom stereocenters. The fourth-order valence-corrected chi connectivity index (χ4v) is 6.78. The van der Waals surface area contributed by atoms with E-state index >= 15 is 0 Å². The number of ether oxygens (including phenoxy) is 4. The molecule has 0 aromatic rings. The summed E-state index contributed by atoms with van der Waals surface area (Å²) in [5.41, 5.74) is 0.938. The highest BCUT2D eigenvalue weighted by molar-refractivity contribution is 5.82. The van der Waals surface area contributed by atoms with Gasteiger partial charge in [-0.1, -0.05) is 49.8 Å². The highest BCUT2D eigenvalue weighted by atomic mass is 16.6. The first kappa shape index (κ1) is 34.2. The van der Waals surface area contributed by atoms with Gasteiger partial charge in [0.25, 0.3) is 0 Å². The van der Waals surface area contributed by atoms with Crippen LogP contribution in [0.15, 0.2) is 48.1 Å². The van der Waals surface area contributed by atoms with Crippen molar-refractivity contribution < 1.29 is 33.3 Å². The molecule has 4 bridgehead atoms. The SMILES string of the molecule is COC(=O)/C=C1\CC2CC(=O)OC(/C=C/C=C\CCCC(=O)N3CCCC3)C(C)/C=C/C(C)CC3CCCC(CC(C1)O2)O3. The summed E-state index contributed by atoms with van der Waals surface area (Å²) in [6.45, 7) is 6.08. The molecule has 8 nitrogen and oxygen atoms in total. The lowest BCUT2D eigenvalue weighted by Crippen LogP contribution is -2.37. The zero-order valence-corrected chi connectivity index (χ0v) is 27.0. The Morgan fingerprint density at radius 2 is 1.66 bits per heavy atom. The van der Waals surface area contributed by atoms with Crippen molar-refractivity contribution in [2.75, 3.05) is 20.2 Å². The number of amides is 1. The molecule has 0 aliphatic carbocycles. The molecule has 3 fully saturated rings. The van der Waals surface area contributed by atoms with Crippen molar-refractivity contribution in [3.05, 3.63) is 48.1 Å². The Morgan fingerprint density at radius 1 is 0.932 bits per heavy atom. The number of nitrogens with zero attached hydrogens (tertiary/aromatic N) is 1. The Morgan fingerprint density at radius 3 is 2.43 bits per heavy atom. The van der Waals surface area contributed by atoms with Crippen LogP contribution < -0.4 is 0 Å². The zero-order valence-electron chi connectivity index (χ0n) is 27.0. The fraction of sp³-hybridized carbons (Fsp3) is 0.694. The van der Waals surface area contributed by atoms with E-state index in [0.717, 1.165) is 76.5 Å². The van der Waals surface area contributed by atoms with Gasteiger partial charge in [-0.15, -0.1) is 0 Å². The van der Waals surface area contributed by atoms with Crippen LogP contribution >= 0.6 is 0 Å². The van der Waals surface area contributed by atoms with Crippen LogP contribution in [0.25, 0.3) is 0 Å². The highest BCUT2D eigenvalue weighted by Crippen LogP contribution is 2.33. The van der Waals surface area contributed by atoms with E-state index in [1.165, 1.54) is 7.11 Å². The van der Waals surface area contributed by atoms with Crippen LogP contribution in [0.1, 0.15) is 97.3 Å². The monoisotopic (exact) mass is 611 g/mol. The Balaban J connectivity index is 1.42. The number of rotatable bonds is 7. The topological polar surface area (TPSA) is 91.4 Å². The molecule has 1 amide bonds. The van der Waals surface area contributed by atoms with Crippen molar-refractivity contribution in [3.63, 3.8) is 0 Å². The van der Waals surface area contributed by atoms with Crippen LogP contribution in [0.3, 0.4) is 0 Å². The number of esters is 2. The maximum absolute atomic E-state index is 13.3. The third kappa shape index (κ3) is 11.3. The van der Waals surface area contributed by atoms with Crippen LogP contribution in [0.5, 0.6) is 0 Å². The van der Waals surface area contributed by atoms with Gasteiger partial charge in [0.15, 0.2) is 0 Å². The normalized spacial score (nSPS) is 33.9. The molecule has 4 aliphatic heterocycles. The Hall–Kier alpha value is -2.71. The summed E-state index contributed by atoms with van der Waals surface area (Å²) in [5, 5.41) is 0. The minimum atomic E-state index is -0.431. The number of cyclic esters (lactones) is 1. The minimum Gasteiger partial charge on any atom is -0.466 e. The number of hydrogen-bond acceptors (Lipinski definition) is 7. The average Bonchev–Trinajstić information content (AvgIpc) is 3.54. The predicted molar refractivity (Wildman–Crippen MR) is 170 cm³/mol. The van der Waals surface area contributed by atoms with E-state index < -0.39 is 6.10 Å². The van der Waals surface area contributed by atoms with Crippen molar-refractivity contribution in [2.24, 2.45) is 11.8 Å². The van der Waals surface area contributed by atoms with E-state index in [9.17, 15) is 14.4 Å². The van der Waals surface area contributed by atoms with Crippen LogP contribution in [-0.4, -0.2) is 73.5 Å². The lowest BCUT2D eigenvalue weighted by atomic mass is 9.89.